The van der Waals surface area contributed by atoms with Crippen LogP contribution in [0.4, 0.5) is 0 Å². The van der Waals surface area contributed by atoms with Crippen LogP contribution >= 0.6 is 11.6 Å². The third-order valence-corrected chi connectivity index (χ3v) is 1.46. The first-order valence-corrected chi connectivity index (χ1v) is 4.35. The maximum absolute atomic E-state index is 10.6. The third-order valence-electron chi connectivity index (χ3n) is 1.25. The van der Waals surface area contributed by atoms with Crippen LogP contribution in [-0.4, -0.2) is 18.0 Å². The lowest BCUT2D eigenvalue weighted by Crippen LogP contribution is -2.17. The second-order valence-electron chi connectivity index (χ2n) is 3.06. The third kappa shape index (κ3) is 6.17. The van der Waals surface area contributed by atoms with Crippen LogP contribution in [0.25, 0.3) is 0 Å². The summed E-state index contributed by atoms with van der Waals surface area (Å²) in [5.41, 5.74) is 0. The zero-order valence-electron chi connectivity index (χ0n) is 7.26. The number of hydrogen-bond donors (Lipinski definition) is 0. The quantitative estimate of drug-likeness (QED) is 0.488. The molecule has 0 saturated carbocycles. The Kier molecular flexibility index (Phi) is 5.30. The molecule has 0 saturated heterocycles. The molecule has 66 valence electrons. The number of hydrogen-bond acceptors (Lipinski definition) is 2. The van der Waals surface area contributed by atoms with E-state index in [-0.39, 0.29) is 18.0 Å². The number of alkyl halides is 1. The minimum atomic E-state index is -0.334. The predicted molar refractivity (Wildman–Crippen MR) is 45.7 cm³/mol. The number of ether oxygens (including phenoxy) is 1. The van der Waals surface area contributed by atoms with Crippen LogP contribution in [-0.2, 0) is 9.53 Å². The number of rotatable bonds is 4. The summed E-state index contributed by atoms with van der Waals surface area (Å²) in [6.07, 6.45) is 0.879. The smallest absolute Gasteiger partial charge is 0.321 e. The fourth-order valence-electron chi connectivity index (χ4n) is 0.968. The molecule has 0 fully saturated rings. The van der Waals surface area contributed by atoms with Gasteiger partial charge in [0.1, 0.15) is 5.88 Å². The van der Waals surface area contributed by atoms with E-state index in [0.717, 1.165) is 6.42 Å². The number of esters is 1. The molecule has 0 aromatic heterocycles. The minimum absolute atomic E-state index is 0.0127. The van der Waals surface area contributed by atoms with Gasteiger partial charge in [0.25, 0.3) is 0 Å². The second kappa shape index (κ2) is 5.42. The lowest BCUT2D eigenvalue weighted by Gasteiger charge is -2.13. The summed E-state index contributed by atoms with van der Waals surface area (Å²) in [6.45, 7) is 6.06. The van der Waals surface area contributed by atoms with Gasteiger partial charge in [-0.3, -0.25) is 4.79 Å². The largest absolute Gasteiger partial charge is 0.462 e. The maximum atomic E-state index is 10.6. The van der Waals surface area contributed by atoms with Crippen molar-refractivity contribution in [2.24, 2.45) is 5.92 Å². The molecular formula is C8H15ClO2. The standard InChI is InChI=1S/C8H15ClO2/c1-6(2)4-7(3)11-8(10)5-9/h6-7H,4-5H2,1-3H3. The topological polar surface area (TPSA) is 26.3 Å². The minimum Gasteiger partial charge on any atom is -0.462 e. The van der Waals surface area contributed by atoms with E-state index in [0.29, 0.717) is 5.92 Å². The van der Waals surface area contributed by atoms with Crippen LogP contribution in [0, 0.1) is 5.92 Å². The zero-order valence-corrected chi connectivity index (χ0v) is 8.02. The van der Waals surface area contributed by atoms with Gasteiger partial charge in [0.05, 0.1) is 6.10 Å². The Morgan fingerprint density at radius 1 is 1.45 bits per heavy atom. The van der Waals surface area contributed by atoms with Crippen molar-refractivity contribution in [3.05, 3.63) is 0 Å². The van der Waals surface area contributed by atoms with Crippen LogP contribution in [0.3, 0.4) is 0 Å². The average molecular weight is 179 g/mol. The SMILES string of the molecule is CC(C)CC(C)OC(=O)CCl. The molecule has 1 atom stereocenters. The van der Waals surface area contributed by atoms with Crippen molar-refractivity contribution in [2.45, 2.75) is 33.3 Å². The molecule has 0 N–H and O–H groups in total. The summed E-state index contributed by atoms with van der Waals surface area (Å²) in [5, 5.41) is 0. The Bertz CT molecular complexity index is 123. The summed E-state index contributed by atoms with van der Waals surface area (Å²) in [5.74, 6) is 0.163. The van der Waals surface area contributed by atoms with Crippen molar-refractivity contribution >= 4 is 17.6 Å². The summed E-state index contributed by atoms with van der Waals surface area (Å²) in [6, 6.07) is 0. The molecule has 0 radical (unpaired) electrons. The molecule has 2 nitrogen and oxygen atoms in total. The zero-order chi connectivity index (χ0) is 8.85. The van der Waals surface area contributed by atoms with E-state index in [1.54, 1.807) is 0 Å². The first-order valence-electron chi connectivity index (χ1n) is 3.81. The molecule has 0 spiro atoms. The molecule has 0 heterocycles. The second-order valence-corrected chi connectivity index (χ2v) is 3.33. The maximum Gasteiger partial charge on any atom is 0.321 e. The van der Waals surface area contributed by atoms with Gasteiger partial charge < -0.3 is 4.74 Å². The van der Waals surface area contributed by atoms with Crippen LogP contribution < -0.4 is 0 Å². The van der Waals surface area contributed by atoms with Crippen molar-refractivity contribution in [3.63, 3.8) is 0 Å². The Balaban J connectivity index is 3.51. The first kappa shape index (κ1) is 10.8. The number of halogens is 1. The van der Waals surface area contributed by atoms with E-state index in [1.165, 1.54) is 0 Å². The van der Waals surface area contributed by atoms with Crippen molar-refractivity contribution in [1.82, 2.24) is 0 Å². The Hall–Kier alpha value is -0.240. The van der Waals surface area contributed by atoms with Gasteiger partial charge in [-0.25, -0.2) is 0 Å². The summed E-state index contributed by atoms with van der Waals surface area (Å²) in [4.78, 5) is 10.6. The highest BCUT2D eigenvalue weighted by Crippen LogP contribution is 2.07. The molecule has 0 amide bonds. The van der Waals surface area contributed by atoms with Gasteiger partial charge in [-0.15, -0.1) is 11.6 Å². The van der Waals surface area contributed by atoms with Crippen molar-refractivity contribution in [3.8, 4) is 0 Å². The van der Waals surface area contributed by atoms with E-state index in [9.17, 15) is 4.79 Å². The summed E-state index contributed by atoms with van der Waals surface area (Å²) >= 11 is 5.26. The molecule has 0 bridgehead atoms. The van der Waals surface area contributed by atoms with Gasteiger partial charge in [0.15, 0.2) is 0 Å². The molecule has 11 heavy (non-hydrogen) atoms. The van der Waals surface area contributed by atoms with Crippen LogP contribution in [0.2, 0.25) is 0 Å². The molecule has 0 aliphatic heterocycles. The normalized spacial score (nSPS) is 13.2. The molecule has 0 aliphatic rings. The fraction of sp³-hybridized carbons (Fsp3) is 0.875. The molecular weight excluding hydrogens is 164 g/mol. The highest BCUT2D eigenvalue weighted by atomic mass is 35.5. The van der Waals surface area contributed by atoms with E-state index >= 15 is 0 Å². The van der Waals surface area contributed by atoms with Crippen molar-refractivity contribution in [1.29, 1.82) is 0 Å². The molecule has 0 aromatic rings. The van der Waals surface area contributed by atoms with E-state index in [2.05, 4.69) is 13.8 Å². The van der Waals surface area contributed by atoms with E-state index in [1.807, 2.05) is 6.92 Å². The van der Waals surface area contributed by atoms with Gasteiger partial charge in [0, 0.05) is 0 Å². The van der Waals surface area contributed by atoms with Gasteiger partial charge in [0.2, 0.25) is 0 Å². The van der Waals surface area contributed by atoms with Crippen LogP contribution in [0.1, 0.15) is 27.2 Å². The van der Waals surface area contributed by atoms with Gasteiger partial charge in [-0.2, -0.15) is 0 Å². The summed E-state index contributed by atoms with van der Waals surface area (Å²) < 4.78 is 4.94. The van der Waals surface area contributed by atoms with E-state index in [4.69, 9.17) is 16.3 Å². The number of carbonyl (C=O) groups is 1. The highest BCUT2D eigenvalue weighted by molar-refractivity contribution is 6.26. The fourth-order valence-corrected chi connectivity index (χ4v) is 1.03. The Morgan fingerprint density at radius 3 is 2.36 bits per heavy atom. The monoisotopic (exact) mass is 178 g/mol. The van der Waals surface area contributed by atoms with Gasteiger partial charge >= 0.3 is 5.97 Å². The van der Waals surface area contributed by atoms with Crippen LogP contribution in [0.5, 0.6) is 0 Å². The highest BCUT2D eigenvalue weighted by Gasteiger charge is 2.09. The molecule has 1 unspecified atom stereocenters. The van der Waals surface area contributed by atoms with Crippen LogP contribution in [0.15, 0.2) is 0 Å². The predicted octanol–water partition coefficient (Wildman–Crippen LogP) is 2.20. The van der Waals surface area contributed by atoms with Gasteiger partial charge in [-0.05, 0) is 19.3 Å². The molecule has 0 aromatic carbocycles. The van der Waals surface area contributed by atoms with Gasteiger partial charge in [-0.1, -0.05) is 13.8 Å². The van der Waals surface area contributed by atoms with Crippen molar-refractivity contribution in [2.75, 3.05) is 5.88 Å². The number of carbonyl (C=O) groups excluding carboxylic acids is 1. The lowest BCUT2D eigenvalue weighted by molar-refractivity contribution is -0.145. The average Bonchev–Trinajstić information content (AvgIpc) is 1.85. The lowest BCUT2D eigenvalue weighted by atomic mass is 10.1. The summed E-state index contributed by atoms with van der Waals surface area (Å²) in [7, 11) is 0. The Labute approximate surface area is 72.9 Å². The first-order chi connectivity index (χ1) is 5.06. The van der Waals surface area contributed by atoms with E-state index < -0.39 is 0 Å². The van der Waals surface area contributed by atoms with Crippen molar-refractivity contribution < 1.29 is 9.53 Å². The molecule has 3 heteroatoms. The Morgan fingerprint density at radius 2 is 2.00 bits per heavy atom. The molecule has 0 aliphatic carbocycles. The molecule has 0 rings (SSSR count).